The summed E-state index contributed by atoms with van der Waals surface area (Å²) >= 11 is 0. The number of carbonyl (C=O) groups excluding carboxylic acids is 3. The van der Waals surface area contributed by atoms with E-state index in [0.717, 1.165) is 0 Å². The van der Waals surface area contributed by atoms with Gasteiger partial charge in [-0.2, -0.15) is 0 Å². The van der Waals surface area contributed by atoms with Gasteiger partial charge in [0, 0.05) is 59.2 Å². The molecule has 2 rings (SSSR count). The molecule has 8 nitrogen and oxygen atoms in total. The van der Waals surface area contributed by atoms with Gasteiger partial charge in [0.2, 0.25) is 5.91 Å². The van der Waals surface area contributed by atoms with Gasteiger partial charge in [-0.15, -0.1) is 0 Å². The predicted molar refractivity (Wildman–Crippen MR) is 86.6 cm³/mol. The highest BCUT2D eigenvalue weighted by Crippen LogP contribution is 2.10. The molecule has 8 heteroatoms. The monoisotopic (exact) mass is 334 g/mol. The Labute approximate surface area is 140 Å². The van der Waals surface area contributed by atoms with Gasteiger partial charge in [-0.05, 0) is 6.07 Å². The van der Waals surface area contributed by atoms with Crippen molar-refractivity contribution in [1.29, 1.82) is 0 Å². The van der Waals surface area contributed by atoms with Crippen LogP contribution < -0.4 is 5.32 Å². The average molecular weight is 334 g/mol. The summed E-state index contributed by atoms with van der Waals surface area (Å²) < 4.78 is 4.88. The van der Waals surface area contributed by atoms with Crippen molar-refractivity contribution in [3.8, 4) is 0 Å². The van der Waals surface area contributed by atoms with Crippen molar-refractivity contribution in [2.45, 2.75) is 6.92 Å². The summed E-state index contributed by atoms with van der Waals surface area (Å²) in [5.74, 6) is -0.466. The molecule has 1 aromatic rings. The molecule has 1 fully saturated rings. The van der Waals surface area contributed by atoms with Gasteiger partial charge in [0.05, 0.1) is 17.7 Å². The number of aromatic nitrogens is 1. The number of methoxy groups -OCH3 is 1. The van der Waals surface area contributed by atoms with E-state index in [2.05, 4.69) is 10.3 Å². The summed E-state index contributed by atoms with van der Waals surface area (Å²) in [6.07, 6.45) is 2.87. The normalized spacial score (nSPS) is 14.4. The Morgan fingerprint density at radius 1 is 1.12 bits per heavy atom. The topological polar surface area (TPSA) is 91.8 Å². The molecule has 0 saturated carbocycles. The number of piperazine rings is 1. The number of hydrogen-bond donors (Lipinski definition) is 1. The molecule has 0 aromatic carbocycles. The molecule has 0 atom stereocenters. The fraction of sp³-hybridized carbons (Fsp3) is 0.500. The molecule has 2 heterocycles. The third-order valence-corrected chi connectivity index (χ3v) is 3.85. The second-order valence-electron chi connectivity index (χ2n) is 5.51. The molecule has 1 aliphatic rings. The Morgan fingerprint density at radius 3 is 2.38 bits per heavy atom. The van der Waals surface area contributed by atoms with Gasteiger partial charge < -0.3 is 19.9 Å². The molecule has 0 radical (unpaired) electrons. The predicted octanol–water partition coefficient (Wildman–Crippen LogP) is -0.238. The first-order valence-corrected chi connectivity index (χ1v) is 7.80. The van der Waals surface area contributed by atoms with Crippen LogP contribution in [-0.4, -0.2) is 78.9 Å². The Balaban J connectivity index is 1.99. The molecule has 1 aliphatic heterocycles. The first-order valence-electron chi connectivity index (χ1n) is 7.80. The van der Waals surface area contributed by atoms with Crippen LogP contribution in [0.3, 0.4) is 0 Å². The van der Waals surface area contributed by atoms with Crippen molar-refractivity contribution in [3.63, 3.8) is 0 Å². The summed E-state index contributed by atoms with van der Waals surface area (Å²) in [4.78, 5) is 43.3. The van der Waals surface area contributed by atoms with E-state index < -0.39 is 0 Å². The first kappa shape index (κ1) is 17.9. The highest BCUT2D eigenvalue weighted by molar-refractivity contribution is 5.99. The maximum absolute atomic E-state index is 12.5. The van der Waals surface area contributed by atoms with Crippen LogP contribution >= 0.6 is 0 Å². The fourth-order valence-electron chi connectivity index (χ4n) is 2.46. The lowest BCUT2D eigenvalue weighted by molar-refractivity contribution is -0.130. The van der Waals surface area contributed by atoms with E-state index in [1.807, 2.05) is 0 Å². The van der Waals surface area contributed by atoms with Gasteiger partial charge >= 0.3 is 0 Å². The zero-order valence-corrected chi connectivity index (χ0v) is 13.9. The van der Waals surface area contributed by atoms with E-state index in [1.54, 1.807) is 16.9 Å². The summed E-state index contributed by atoms with van der Waals surface area (Å²) in [6, 6.07) is 1.54. The quantitative estimate of drug-likeness (QED) is 0.751. The summed E-state index contributed by atoms with van der Waals surface area (Å²) in [5.41, 5.74) is 0.699. The van der Waals surface area contributed by atoms with Gasteiger partial charge in [0.1, 0.15) is 0 Å². The van der Waals surface area contributed by atoms with E-state index in [-0.39, 0.29) is 17.7 Å². The largest absolute Gasteiger partial charge is 0.383 e. The van der Waals surface area contributed by atoms with Gasteiger partial charge in [-0.25, -0.2) is 0 Å². The Hall–Kier alpha value is -2.48. The standard InChI is InChI=1S/C16H22N4O4/c1-12(21)19-4-6-20(7-5-19)16(23)14-9-13(10-17-11-14)15(22)18-3-8-24-2/h9-11H,3-8H2,1-2H3,(H,18,22). The lowest BCUT2D eigenvalue weighted by Gasteiger charge is -2.34. The first-order chi connectivity index (χ1) is 11.5. The van der Waals surface area contributed by atoms with E-state index >= 15 is 0 Å². The highest BCUT2D eigenvalue weighted by Gasteiger charge is 2.24. The van der Waals surface area contributed by atoms with Gasteiger partial charge in [0.15, 0.2) is 0 Å². The van der Waals surface area contributed by atoms with E-state index in [0.29, 0.717) is 50.5 Å². The van der Waals surface area contributed by atoms with Gasteiger partial charge in [0.25, 0.3) is 11.8 Å². The molecule has 1 N–H and O–H groups in total. The summed E-state index contributed by atoms with van der Waals surface area (Å²) in [7, 11) is 1.55. The van der Waals surface area contributed by atoms with Crippen molar-refractivity contribution in [2.75, 3.05) is 46.4 Å². The van der Waals surface area contributed by atoms with Crippen LogP contribution in [0.4, 0.5) is 0 Å². The lowest BCUT2D eigenvalue weighted by atomic mass is 10.1. The molecule has 24 heavy (non-hydrogen) atoms. The van der Waals surface area contributed by atoms with Crippen molar-refractivity contribution in [1.82, 2.24) is 20.1 Å². The van der Waals surface area contributed by atoms with Crippen molar-refractivity contribution in [3.05, 3.63) is 29.6 Å². The van der Waals surface area contributed by atoms with Crippen molar-refractivity contribution < 1.29 is 19.1 Å². The molecular weight excluding hydrogens is 312 g/mol. The molecule has 130 valence electrons. The number of hydrogen-bond acceptors (Lipinski definition) is 5. The average Bonchev–Trinajstić information content (AvgIpc) is 2.61. The van der Waals surface area contributed by atoms with Gasteiger partial charge in [-0.3, -0.25) is 19.4 Å². The molecule has 0 spiro atoms. The second-order valence-corrected chi connectivity index (χ2v) is 5.51. The second kappa shape index (κ2) is 8.39. The molecular formula is C16H22N4O4. The Bertz CT molecular complexity index is 612. The fourth-order valence-corrected chi connectivity index (χ4v) is 2.46. The third-order valence-electron chi connectivity index (χ3n) is 3.85. The van der Waals surface area contributed by atoms with Gasteiger partial charge in [-0.1, -0.05) is 0 Å². The molecule has 0 bridgehead atoms. The number of nitrogens with one attached hydrogen (secondary N) is 1. The smallest absolute Gasteiger partial charge is 0.255 e. The number of nitrogens with zero attached hydrogens (tertiary/aromatic N) is 3. The zero-order chi connectivity index (χ0) is 17.5. The minimum Gasteiger partial charge on any atom is -0.383 e. The third kappa shape index (κ3) is 4.51. The molecule has 1 aromatic heterocycles. The highest BCUT2D eigenvalue weighted by atomic mass is 16.5. The zero-order valence-electron chi connectivity index (χ0n) is 13.9. The molecule has 1 saturated heterocycles. The van der Waals surface area contributed by atoms with Crippen LogP contribution in [0.5, 0.6) is 0 Å². The molecule has 3 amide bonds. The van der Waals surface area contributed by atoms with Crippen LogP contribution in [0.1, 0.15) is 27.6 Å². The maximum Gasteiger partial charge on any atom is 0.255 e. The number of amides is 3. The summed E-state index contributed by atoms with van der Waals surface area (Å²) in [6.45, 7) is 4.31. The maximum atomic E-state index is 12.5. The van der Waals surface area contributed by atoms with Crippen molar-refractivity contribution in [2.24, 2.45) is 0 Å². The SMILES string of the molecule is COCCNC(=O)c1cncc(C(=O)N2CCN(C(C)=O)CC2)c1. The summed E-state index contributed by atoms with van der Waals surface area (Å²) in [5, 5.41) is 2.69. The number of ether oxygens (including phenoxy) is 1. The Kier molecular flexibility index (Phi) is 6.25. The number of carbonyl (C=O) groups is 3. The van der Waals surface area contributed by atoms with E-state index in [9.17, 15) is 14.4 Å². The molecule has 0 aliphatic carbocycles. The number of rotatable bonds is 5. The van der Waals surface area contributed by atoms with Crippen LogP contribution in [0.25, 0.3) is 0 Å². The van der Waals surface area contributed by atoms with E-state index in [4.69, 9.17) is 4.74 Å². The minimum atomic E-state index is -0.296. The van der Waals surface area contributed by atoms with Crippen molar-refractivity contribution >= 4 is 17.7 Å². The number of pyridine rings is 1. The van der Waals surface area contributed by atoms with E-state index in [1.165, 1.54) is 25.4 Å². The molecule has 0 unspecified atom stereocenters. The van der Waals surface area contributed by atoms with Crippen LogP contribution in [0.2, 0.25) is 0 Å². The Morgan fingerprint density at radius 2 is 1.75 bits per heavy atom. The van der Waals surface area contributed by atoms with Crippen LogP contribution in [0.15, 0.2) is 18.5 Å². The minimum absolute atomic E-state index is 0.0125. The van der Waals surface area contributed by atoms with Crippen LogP contribution in [0, 0.1) is 0 Å². The van der Waals surface area contributed by atoms with Crippen LogP contribution in [-0.2, 0) is 9.53 Å². The lowest BCUT2D eigenvalue weighted by Crippen LogP contribution is -2.50.